The summed E-state index contributed by atoms with van der Waals surface area (Å²) in [4.78, 5) is 21.2. The van der Waals surface area contributed by atoms with E-state index in [0.717, 1.165) is 24.1 Å². The maximum atomic E-state index is 13.3. The maximum Gasteiger partial charge on any atom is 0.229 e. The molecule has 0 saturated carbocycles. The predicted molar refractivity (Wildman–Crippen MR) is 102 cm³/mol. The first-order valence-electron chi connectivity index (χ1n) is 8.85. The molecule has 7 heteroatoms. The first-order chi connectivity index (χ1) is 13.5. The highest BCUT2D eigenvalue weighted by atomic mass is 19.2. The topological polar surface area (TPSA) is 75.1 Å². The molecule has 0 aliphatic carbocycles. The largest absolute Gasteiger partial charge is 0.508 e. The number of hydrogen-bond acceptors (Lipinski definition) is 4. The number of anilines is 1. The van der Waals surface area contributed by atoms with E-state index in [0.29, 0.717) is 29.2 Å². The molecule has 1 amide bonds. The Kier molecular flexibility index (Phi) is 5.93. The number of halogens is 2. The zero-order valence-electron chi connectivity index (χ0n) is 15.2. The Labute approximate surface area is 161 Å². The van der Waals surface area contributed by atoms with E-state index in [2.05, 4.69) is 15.3 Å². The van der Waals surface area contributed by atoms with Gasteiger partial charge in [0.2, 0.25) is 5.91 Å². The molecule has 1 aromatic heterocycles. The summed E-state index contributed by atoms with van der Waals surface area (Å²) in [6.07, 6.45) is 2.85. The summed E-state index contributed by atoms with van der Waals surface area (Å²) >= 11 is 0. The van der Waals surface area contributed by atoms with Gasteiger partial charge in [0, 0.05) is 5.56 Å². The zero-order chi connectivity index (χ0) is 20.1. The number of phenols is 1. The quantitative estimate of drug-likeness (QED) is 0.667. The Morgan fingerprint density at radius 3 is 2.54 bits per heavy atom. The fourth-order valence-corrected chi connectivity index (χ4v) is 2.73. The molecule has 28 heavy (non-hydrogen) atoms. The number of amides is 1. The fourth-order valence-electron chi connectivity index (χ4n) is 2.73. The molecular weight excluding hydrogens is 364 g/mol. The van der Waals surface area contributed by atoms with Crippen LogP contribution in [0.1, 0.15) is 24.6 Å². The first-order valence-corrected chi connectivity index (χ1v) is 8.85. The minimum Gasteiger partial charge on any atom is -0.508 e. The minimum atomic E-state index is -0.991. The molecule has 0 unspecified atom stereocenters. The predicted octanol–water partition coefficient (Wildman–Crippen LogP) is 4.26. The van der Waals surface area contributed by atoms with Crippen molar-refractivity contribution in [3.05, 3.63) is 71.6 Å². The van der Waals surface area contributed by atoms with Crippen LogP contribution < -0.4 is 5.32 Å². The third-order valence-electron chi connectivity index (χ3n) is 4.10. The van der Waals surface area contributed by atoms with Gasteiger partial charge in [0.05, 0.1) is 24.0 Å². The lowest BCUT2D eigenvalue weighted by Crippen LogP contribution is -2.17. The van der Waals surface area contributed by atoms with Gasteiger partial charge in [-0.15, -0.1) is 0 Å². The molecule has 0 bridgehead atoms. The molecule has 144 valence electrons. The standard InChI is InChI=1S/C21H19F2N3O2/c1-2-3-18-21(24-12-19(25-18)14-5-7-15(27)8-6-14)26-20(28)11-13-4-9-16(22)17(23)10-13/h4-10,12,27H,2-3,11H2,1H3,(H,24,26,28). The van der Waals surface area contributed by atoms with E-state index >= 15 is 0 Å². The number of aromatic hydroxyl groups is 1. The number of nitrogens with zero attached hydrogens (tertiary/aromatic N) is 2. The van der Waals surface area contributed by atoms with Gasteiger partial charge in [0.1, 0.15) is 5.75 Å². The van der Waals surface area contributed by atoms with Crippen molar-refractivity contribution in [2.45, 2.75) is 26.2 Å². The van der Waals surface area contributed by atoms with E-state index in [1.165, 1.54) is 6.07 Å². The van der Waals surface area contributed by atoms with Crippen LogP contribution in [0.2, 0.25) is 0 Å². The van der Waals surface area contributed by atoms with Crippen molar-refractivity contribution >= 4 is 11.7 Å². The van der Waals surface area contributed by atoms with E-state index in [1.54, 1.807) is 30.5 Å². The average Bonchev–Trinajstić information content (AvgIpc) is 2.67. The number of carbonyl (C=O) groups excluding carboxylic acids is 1. The van der Waals surface area contributed by atoms with Crippen molar-refractivity contribution in [3.8, 4) is 17.0 Å². The number of benzene rings is 2. The summed E-state index contributed by atoms with van der Waals surface area (Å²) in [7, 11) is 0. The summed E-state index contributed by atoms with van der Waals surface area (Å²) in [6.45, 7) is 1.99. The van der Waals surface area contributed by atoms with Gasteiger partial charge in [-0.2, -0.15) is 0 Å². The number of aromatic nitrogens is 2. The second-order valence-electron chi connectivity index (χ2n) is 6.32. The third-order valence-corrected chi connectivity index (χ3v) is 4.10. The Morgan fingerprint density at radius 2 is 1.86 bits per heavy atom. The van der Waals surface area contributed by atoms with E-state index in [-0.39, 0.29) is 12.2 Å². The lowest BCUT2D eigenvalue weighted by atomic mass is 10.1. The highest BCUT2D eigenvalue weighted by Crippen LogP contribution is 2.23. The van der Waals surface area contributed by atoms with Gasteiger partial charge in [-0.05, 0) is 48.4 Å². The molecule has 3 aromatic rings. The molecule has 0 spiro atoms. The summed E-state index contributed by atoms with van der Waals surface area (Å²) in [6, 6.07) is 9.95. The van der Waals surface area contributed by atoms with Gasteiger partial charge in [-0.3, -0.25) is 4.79 Å². The summed E-state index contributed by atoms with van der Waals surface area (Å²) in [5.41, 5.74) is 2.41. The second kappa shape index (κ2) is 8.56. The highest BCUT2D eigenvalue weighted by molar-refractivity contribution is 5.92. The number of carbonyl (C=O) groups is 1. The van der Waals surface area contributed by atoms with Gasteiger partial charge in [-0.1, -0.05) is 19.4 Å². The molecule has 0 saturated heterocycles. The Morgan fingerprint density at radius 1 is 1.11 bits per heavy atom. The van der Waals surface area contributed by atoms with Crippen LogP contribution in [0.5, 0.6) is 5.75 Å². The van der Waals surface area contributed by atoms with Crippen molar-refractivity contribution in [2.75, 3.05) is 5.32 Å². The van der Waals surface area contributed by atoms with Gasteiger partial charge in [0.15, 0.2) is 17.5 Å². The zero-order valence-corrected chi connectivity index (χ0v) is 15.2. The Hall–Kier alpha value is -3.35. The summed E-state index contributed by atoms with van der Waals surface area (Å²) in [5.74, 6) is -1.83. The molecule has 2 N–H and O–H groups in total. The van der Waals surface area contributed by atoms with Crippen LogP contribution >= 0.6 is 0 Å². The normalized spacial score (nSPS) is 10.7. The van der Waals surface area contributed by atoms with E-state index in [4.69, 9.17) is 0 Å². The molecule has 0 aliphatic rings. The summed E-state index contributed by atoms with van der Waals surface area (Å²) in [5, 5.41) is 12.1. The van der Waals surface area contributed by atoms with Crippen molar-refractivity contribution in [1.29, 1.82) is 0 Å². The Balaban J connectivity index is 1.79. The maximum absolute atomic E-state index is 13.3. The van der Waals surface area contributed by atoms with Crippen molar-refractivity contribution in [3.63, 3.8) is 0 Å². The molecule has 0 atom stereocenters. The second-order valence-corrected chi connectivity index (χ2v) is 6.32. The van der Waals surface area contributed by atoms with Crippen LogP contribution in [0.15, 0.2) is 48.7 Å². The van der Waals surface area contributed by atoms with Crippen LogP contribution in [0.25, 0.3) is 11.3 Å². The van der Waals surface area contributed by atoms with Gasteiger partial charge < -0.3 is 10.4 Å². The highest BCUT2D eigenvalue weighted by Gasteiger charge is 2.13. The minimum absolute atomic E-state index is 0.107. The molecule has 0 aliphatic heterocycles. The number of hydrogen-bond donors (Lipinski definition) is 2. The third kappa shape index (κ3) is 4.68. The average molecular weight is 383 g/mol. The van der Waals surface area contributed by atoms with Crippen molar-refractivity contribution in [1.82, 2.24) is 9.97 Å². The van der Waals surface area contributed by atoms with Crippen LogP contribution in [-0.2, 0) is 17.6 Å². The van der Waals surface area contributed by atoms with Gasteiger partial charge in [-0.25, -0.2) is 18.7 Å². The molecule has 1 heterocycles. The van der Waals surface area contributed by atoms with Gasteiger partial charge in [0.25, 0.3) is 0 Å². The van der Waals surface area contributed by atoms with Crippen molar-refractivity contribution in [2.24, 2.45) is 0 Å². The number of rotatable bonds is 6. The van der Waals surface area contributed by atoms with E-state index in [1.807, 2.05) is 6.92 Å². The number of aryl methyl sites for hydroxylation is 1. The number of nitrogens with one attached hydrogen (secondary N) is 1. The monoisotopic (exact) mass is 383 g/mol. The lowest BCUT2D eigenvalue weighted by Gasteiger charge is -2.11. The fraction of sp³-hybridized carbons (Fsp3) is 0.190. The Bertz CT molecular complexity index is 991. The number of phenolic OH excluding ortho intramolecular Hbond substituents is 1. The first kappa shape index (κ1) is 19.4. The van der Waals surface area contributed by atoms with E-state index < -0.39 is 17.5 Å². The molecule has 0 fully saturated rings. The van der Waals surface area contributed by atoms with Crippen LogP contribution in [-0.4, -0.2) is 21.0 Å². The molecule has 0 radical (unpaired) electrons. The summed E-state index contributed by atoms with van der Waals surface area (Å²) < 4.78 is 26.3. The van der Waals surface area contributed by atoms with Crippen LogP contribution in [0.3, 0.4) is 0 Å². The lowest BCUT2D eigenvalue weighted by molar-refractivity contribution is -0.115. The smallest absolute Gasteiger partial charge is 0.229 e. The molecule has 2 aromatic carbocycles. The van der Waals surface area contributed by atoms with Gasteiger partial charge >= 0.3 is 0 Å². The van der Waals surface area contributed by atoms with E-state index in [9.17, 15) is 18.7 Å². The molecule has 3 rings (SSSR count). The molecule has 5 nitrogen and oxygen atoms in total. The van der Waals surface area contributed by atoms with Crippen LogP contribution in [0.4, 0.5) is 14.6 Å². The molecular formula is C21H19F2N3O2. The van der Waals surface area contributed by atoms with Crippen molar-refractivity contribution < 1.29 is 18.7 Å². The van der Waals surface area contributed by atoms with Crippen LogP contribution in [0, 0.1) is 11.6 Å². The SMILES string of the molecule is CCCc1nc(-c2ccc(O)cc2)cnc1NC(=O)Cc1ccc(F)c(F)c1.